The highest BCUT2D eigenvalue weighted by Gasteiger charge is 2.60. The predicted octanol–water partition coefficient (Wildman–Crippen LogP) is 4.66. The summed E-state index contributed by atoms with van der Waals surface area (Å²) in [4.78, 5) is 34.6. The molecule has 3 aromatic carbocycles. The second-order valence-electron chi connectivity index (χ2n) is 8.37. The standard InChI is InChI=1S/C26H24N2O3/c1-16-9-12-19(13-10-16)23-22-24(31-28(23)20-7-5-4-6-8-20)26(30)27(25(22)29)21-14-11-17(2)15-18(21)3/h4-15,22-24H,1-3H3/t22-,23-,24-/m1/s1. The number of hydrogen-bond donors (Lipinski definition) is 0. The molecule has 2 amide bonds. The number of anilines is 2. The lowest BCUT2D eigenvalue weighted by atomic mass is 9.90. The van der Waals surface area contributed by atoms with E-state index in [9.17, 15) is 9.59 Å². The highest BCUT2D eigenvalue weighted by molar-refractivity contribution is 6.24. The summed E-state index contributed by atoms with van der Waals surface area (Å²) in [5, 5.41) is 1.73. The third kappa shape index (κ3) is 3.13. The van der Waals surface area contributed by atoms with Gasteiger partial charge in [0.25, 0.3) is 5.91 Å². The van der Waals surface area contributed by atoms with Gasteiger partial charge in [-0.25, -0.2) is 9.96 Å². The monoisotopic (exact) mass is 412 g/mol. The number of para-hydroxylation sites is 1. The van der Waals surface area contributed by atoms with Crippen LogP contribution in [0.4, 0.5) is 11.4 Å². The molecule has 0 N–H and O–H groups in total. The van der Waals surface area contributed by atoms with Crippen molar-refractivity contribution in [2.75, 3.05) is 9.96 Å². The number of rotatable bonds is 3. The molecule has 0 spiro atoms. The van der Waals surface area contributed by atoms with Crippen LogP contribution in [-0.2, 0) is 14.4 Å². The average molecular weight is 412 g/mol. The number of nitrogens with zero attached hydrogens (tertiary/aromatic N) is 2. The van der Waals surface area contributed by atoms with Gasteiger partial charge in [-0.3, -0.25) is 14.4 Å². The van der Waals surface area contributed by atoms with Crippen LogP contribution in [0.15, 0.2) is 72.8 Å². The number of hydroxylamine groups is 1. The number of fused-ring (bicyclic) bond motifs is 1. The molecule has 3 aromatic rings. The first-order valence-corrected chi connectivity index (χ1v) is 10.5. The van der Waals surface area contributed by atoms with Crippen LogP contribution in [0.5, 0.6) is 0 Å². The maximum Gasteiger partial charge on any atom is 0.266 e. The summed E-state index contributed by atoms with van der Waals surface area (Å²) in [6.45, 7) is 5.94. The van der Waals surface area contributed by atoms with Gasteiger partial charge < -0.3 is 0 Å². The maximum atomic E-state index is 13.7. The third-order valence-corrected chi connectivity index (χ3v) is 6.14. The lowest BCUT2D eigenvalue weighted by molar-refractivity contribution is -0.126. The van der Waals surface area contributed by atoms with Crippen LogP contribution in [0.25, 0.3) is 0 Å². The van der Waals surface area contributed by atoms with Gasteiger partial charge in [-0.2, -0.15) is 0 Å². The second-order valence-corrected chi connectivity index (χ2v) is 8.37. The topological polar surface area (TPSA) is 49.9 Å². The van der Waals surface area contributed by atoms with E-state index < -0.39 is 12.0 Å². The Morgan fingerprint density at radius 3 is 2.13 bits per heavy atom. The fourth-order valence-electron chi connectivity index (χ4n) is 4.61. The Kier molecular flexibility index (Phi) is 4.63. The zero-order valence-electron chi connectivity index (χ0n) is 17.8. The average Bonchev–Trinajstić information content (AvgIpc) is 3.26. The van der Waals surface area contributed by atoms with Crippen LogP contribution in [-0.4, -0.2) is 17.9 Å². The van der Waals surface area contributed by atoms with Crippen LogP contribution < -0.4 is 9.96 Å². The summed E-state index contributed by atoms with van der Waals surface area (Å²) in [5.74, 6) is -1.14. The summed E-state index contributed by atoms with van der Waals surface area (Å²) in [7, 11) is 0. The summed E-state index contributed by atoms with van der Waals surface area (Å²) in [6, 6.07) is 23.1. The molecule has 2 saturated heterocycles. The highest BCUT2D eigenvalue weighted by Crippen LogP contribution is 2.47. The molecule has 0 saturated carbocycles. The van der Waals surface area contributed by atoms with Crippen LogP contribution in [0.1, 0.15) is 28.3 Å². The van der Waals surface area contributed by atoms with E-state index in [1.165, 1.54) is 4.90 Å². The third-order valence-electron chi connectivity index (χ3n) is 6.14. The van der Waals surface area contributed by atoms with Crippen molar-refractivity contribution in [2.45, 2.75) is 32.9 Å². The molecule has 5 heteroatoms. The molecule has 31 heavy (non-hydrogen) atoms. The first kappa shape index (κ1) is 19.5. The first-order valence-electron chi connectivity index (χ1n) is 10.5. The normalized spacial score (nSPS) is 22.9. The molecule has 3 atom stereocenters. The smallest absolute Gasteiger partial charge is 0.266 e. The number of carbonyl (C=O) groups excluding carboxylic acids is 2. The molecule has 5 nitrogen and oxygen atoms in total. The van der Waals surface area contributed by atoms with E-state index >= 15 is 0 Å². The van der Waals surface area contributed by atoms with Crippen LogP contribution in [0.3, 0.4) is 0 Å². The molecule has 2 aliphatic heterocycles. The van der Waals surface area contributed by atoms with E-state index in [4.69, 9.17) is 4.84 Å². The minimum absolute atomic E-state index is 0.217. The Morgan fingerprint density at radius 2 is 1.45 bits per heavy atom. The zero-order valence-corrected chi connectivity index (χ0v) is 17.8. The maximum absolute atomic E-state index is 13.7. The summed E-state index contributed by atoms with van der Waals surface area (Å²) in [5.41, 5.74) is 5.52. The quantitative estimate of drug-likeness (QED) is 0.587. The first-order chi connectivity index (χ1) is 15.0. The Morgan fingerprint density at radius 1 is 0.774 bits per heavy atom. The largest absolute Gasteiger partial charge is 0.273 e. The Hall–Kier alpha value is -3.44. The Labute approximate surface area is 181 Å². The van der Waals surface area contributed by atoms with Gasteiger partial charge in [-0.1, -0.05) is 65.7 Å². The van der Waals surface area contributed by atoms with Gasteiger partial charge in [0.05, 0.1) is 17.4 Å². The van der Waals surface area contributed by atoms with E-state index in [1.54, 1.807) is 5.06 Å². The number of aryl methyl sites for hydroxylation is 3. The van der Waals surface area contributed by atoms with Gasteiger partial charge in [-0.05, 0) is 50.1 Å². The van der Waals surface area contributed by atoms with E-state index in [1.807, 2.05) is 93.6 Å². The molecule has 0 bridgehead atoms. The Bertz CT molecular complexity index is 1160. The van der Waals surface area contributed by atoms with Crippen molar-refractivity contribution in [1.82, 2.24) is 0 Å². The number of carbonyl (C=O) groups is 2. The molecule has 2 heterocycles. The number of amides is 2. The molecule has 0 aromatic heterocycles. The molecule has 5 rings (SSSR count). The minimum atomic E-state index is -0.847. The fraction of sp³-hybridized carbons (Fsp3) is 0.231. The van der Waals surface area contributed by atoms with Gasteiger partial charge in [0.2, 0.25) is 5.91 Å². The summed E-state index contributed by atoms with van der Waals surface area (Å²) < 4.78 is 0. The lowest BCUT2D eigenvalue weighted by Gasteiger charge is -2.29. The van der Waals surface area contributed by atoms with Gasteiger partial charge >= 0.3 is 0 Å². The highest BCUT2D eigenvalue weighted by atomic mass is 16.7. The van der Waals surface area contributed by atoms with Crippen LogP contribution >= 0.6 is 0 Å². The second kappa shape index (κ2) is 7.36. The van der Waals surface area contributed by atoms with Crippen molar-refractivity contribution in [1.29, 1.82) is 0 Å². The van der Waals surface area contributed by atoms with E-state index in [-0.39, 0.29) is 17.9 Å². The molecule has 0 radical (unpaired) electrons. The molecule has 2 aliphatic rings. The van der Waals surface area contributed by atoms with Gasteiger partial charge in [-0.15, -0.1) is 0 Å². The zero-order chi connectivity index (χ0) is 21.7. The number of hydrogen-bond acceptors (Lipinski definition) is 4. The van der Waals surface area contributed by atoms with Crippen molar-refractivity contribution >= 4 is 23.2 Å². The van der Waals surface area contributed by atoms with Crippen molar-refractivity contribution in [2.24, 2.45) is 5.92 Å². The SMILES string of the molecule is Cc1ccc([C@@H]2[C@H]3C(=O)N(c4ccc(C)cc4C)C(=O)[C@@H]3ON2c2ccccc2)cc1. The fourth-order valence-corrected chi connectivity index (χ4v) is 4.61. The molecule has 0 unspecified atom stereocenters. The van der Waals surface area contributed by atoms with Crippen molar-refractivity contribution < 1.29 is 14.4 Å². The number of benzene rings is 3. The molecule has 2 fully saturated rings. The van der Waals surface area contributed by atoms with Gasteiger partial charge in [0.1, 0.15) is 5.92 Å². The van der Waals surface area contributed by atoms with Crippen molar-refractivity contribution in [3.05, 3.63) is 95.1 Å². The van der Waals surface area contributed by atoms with E-state index in [2.05, 4.69) is 0 Å². The van der Waals surface area contributed by atoms with E-state index in [0.29, 0.717) is 5.69 Å². The number of imide groups is 1. The minimum Gasteiger partial charge on any atom is -0.273 e. The molecule has 156 valence electrons. The van der Waals surface area contributed by atoms with E-state index in [0.717, 1.165) is 27.9 Å². The van der Waals surface area contributed by atoms with Crippen LogP contribution in [0, 0.1) is 26.7 Å². The molecular formula is C26H24N2O3. The molecular weight excluding hydrogens is 388 g/mol. The van der Waals surface area contributed by atoms with Crippen LogP contribution in [0.2, 0.25) is 0 Å². The van der Waals surface area contributed by atoms with Crippen molar-refractivity contribution in [3.8, 4) is 0 Å². The Balaban J connectivity index is 1.59. The van der Waals surface area contributed by atoms with Crippen molar-refractivity contribution in [3.63, 3.8) is 0 Å². The molecule has 0 aliphatic carbocycles. The summed E-state index contributed by atoms with van der Waals surface area (Å²) in [6.07, 6.45) is -0.847. The summed E-state index contributed by atoms with van der Waals surface area (Å²) >= 11 is 0. The predicted molar refractivity (Wildman–Crippen MR) is 120 cm³/mol. The van der Waals surface area contributed by atoms with Gasteiger partial charge in [0, 0.05) is 0 Å². The lowest BCUT2D eigenvalue weighted by Crippen LogP contribution is -2.37. The van der Waals surface area contributed by atoms with Gasteiger partial charge in [0.15, 0.2) is 6.10 Å².